The largest absolute Gasteiger partial charge is 0.461 e. The number of esters is 2. The van der Waals surface area contributed by atoms with Crippen LogP contribution >= 0.6 is 0 Å². The number of nitrogens with zero attached hydrogens (tertiary/aromatic N) is 1. The maximum atomic E-state index is 11.0. The Morgan fingerprint density at radius 3 is 1.30 bits per heavy atom. The highest BCUT2D eigenvalue weighted by atomic mass is 16.5. The molecule has 0 saturated heterocycles. The Hall–Kier alpha value is -3.60. The summed E-state index contributed by atoms with van der Waals surface area (Å²) in [5.74, 6) is -0.594. The molecule has 0 amide bonds. The summed E-state index contributed by atoms with van der Waals surface area (Å²) in [4.78, 5) is 24.2. The van der Waals surface area contributed by atoms with Gasteiger partial charge in [0.05, 0.1) is 0 Å². The molecule has 0 heterocycles. The number of rotatable bonds is 7. The van der Waals surface area contributed by atoms with E-state index < -0.39 is 0 Å². The topological polar surface area (TPSA) is 55.8 Å². The Balaban J connectivity index is 1.90. The zero-order chi connectivity index (χ0) is 21.5. The average Bonchev–Trinajstić information content (AvgIpc) is 2.74. The number of carbonyl (C=O) groups excluding carboxylic acids is 2. The Morgan fingerprint density at radius 2 is 0.967 bits per heavy atom. The summed E-state index contributed by atoms with van der Waals surface area (Å²) in [6.45, 7) is 5.37. The van der Waals surface area contributed by atoms with Crippen LogP contribution in [0.5, 0.6) is 0 Å². The Morgan fingerprint density at radius 1 is 0.633 bits per heavy atom. The first-order valence-corrected chi connectivity index (χ1v) is 9.74. The van der Waals surface area contributed by atoms with Gasteiger partial charge in [-0.15, -0.1) is 0 Å². The monoisotopic (exact) mass is 403 g/mol. The van der Waals surface area contributed by atoms with Gasteiger partial charge in [-0.2, -0.15) is 0 Å². The minimum atomic E-state index is -0.297. The van der Waals surface area contributed by atoms with Crippen molar-refractivity contribution in [3.05, 3.63) is 89.5 Å². The molecule has 0 N–H and O–H groups in total. The number of carbonyl (C=O) groups is 2. The standard InChI is InChI=1S/C25H25NO4/c1-18-4-10-23(11-5-18)26(24-12-6-21(7-13-24)16-29-19(2)27)25-14-8-22(9-15-25)17-30-20(3)28/h4-15H,16-17H2,1-3H3. The lowest BCUT2D eigenvalue weighted by Crippen LogP contribution is -2.10. The van der Waals surface area contributed by atoms with Crippen molar-refractivity contribution < 1.29 is 19.1 Å². The molecule has 0 saturated carbocycles. The van der Waals surface area contributed by atoms with Crippen LogP contribution in [0.25, 0.3) is 0 Å². The molecule has 0 spiro atoms. The second-order valence-corrected chi connectivity index (χ2v) is 7.06. The van der Waals surface area contributed by atoms with Gasteiger partial charge in [0.15, 0.2) is 0 Å². The molecular formula is C25H25NO4. The van der Waals surface area contributed by atoms with E-state index in [1.165, 1.54) is 19.4 Å². The summed E-state index contributed by atoms with van der Waals surface area (Å²) in [6, 6.07) is 24.1. The molecule has 0 aromatic heterocycles. The molecule has 0 atom stereocenters. The first-order valence-electron chi connectivity index (χ1n) is 9.74. The number of hydrogen-bond acceptors (Lipinski definition) is 5. The molecule has 0 unspecified atom stereocenters. The van der Waals surface area contributed by atoms with Crippen LogP contribution in [0.1, 0.15) is 30.5 Å². The van der Waals surface area contributed by atoms with E-state index in [0.717, 1.165) is 28.2 Å². The molecule has 5 heteroatoms. The molecule has 3 rings (SSSR count). The minimum absolute atomic E-state index is 0.255. The molecular weight excluding hydrogens is 378 g/mol. The van der Waals surface area contributed by atoms with Crippen molar-refractivity contribution in [3.63, 3.8) is 0 Å². The number of hydrogen-bond donors (Lipinski definition) is 0. The summed E-state index contributed by atoms with van der Waals surface area (Å²) in [5, 5.41) is 0. The molecule has 3 aromatic carbocycles. The molecule has 5 nitrogen and oxygen atoms in total. The molecule has 0 aliphatic carbocycles. The highest BCUT2D eigenvalue weighted by Crippen LogP contribution is 2.34. The summed E-state index contributed by atoms with van der Waals surface area (Å²) in [5.41, 5.74) is 6.04. The van der Waals surface area contributed by atoms with Gasteiger partial charge in [0.2, 0.25) is 0 Å². The van der Waals surface area contributed by atoms with Gasteiger partial charge < -0.3 is 14.4 Å². The van der Waals surface area contributed by atoms with Gasteiger partial charge in [-0.1, -0.05) is 42.0 Å². The highest BCUT2D eigenvalue weighted by molar-refractivity contribution is 5.76. The van der Waals surface area contributed by atoms with Gasteiger partial charge in [-0.25, -0.2) is 0 Å². The average molecular weight is 403 g/mol. The Labute approximate surface area is 176 Å². The van der Waals surface area contributed by atoms with Crippen LogP contribution in [0.4, 0.5) is 17.1 Å². The van der Waals surface area contributed by atoms with Gasteiger partial charge in [0.25, 0.3) is 0 Å². The van der Waals surface area contributed by atoms with Gasteiger partial charge >= 0.3 is 11.9 Å². The quantitative estimate of drug-likeness (QED) is 0.481. The van der Waals surface area contributed by atoms with Crippen molar-refractivity contribution in [3.8, 4) is 0 Å². The van der Waals surface area contributed by atoms with Crippen LogP contribution in [-0.4, -0.2) is 11.9 Å². The first-order chi connectivity index (χ1) is 14.4. The zero-order valence-electron chi connectivity index (χ0n) is 17.4. The predicted molar refractivity (Wildman–Crippen MR) is 117 cm³/mol. The van der Waals surface area contributed by atoms with Crippen LogP contribution in [0, 0.1) is 6.92 Å². The van der Waals surface area contributed by atoms with E-state index >= 15 is 0 Å². The molecule has 0 radical (unpaired) electrons. The second-order valence-electron chi connectivity index (χ2n) is 7.06. The van der Waals surface area contributed by atoms with Crippen molar-refractivity contribution in [2.24, 2.45) is 0 Å². The predicted octanol–water partition coefficient (Wildman–Crippen LogP) is 5.59. The fourth-order valence-electron chi connectivity index (χ4n) is 2.99. The van der Waals surface area contributed by atoms with Gasteiger partial charge in [-0.05, 0) is 54.4 Å². The third-order valence-electron chi connectivity index (χ3n) is 4.57. The van der Waals surface area contributed by atoms with E-state index in [1.807, 2.05) is 48.5 Å². The van der Waals surface area contributed by atoms with Crippen molar-refractivity contribution in [1.29, 1.82) is 0 Å². The van der Waals surface area contributed by atoms with E-state index in [2.05, 4.69) is 36.1 Å². The normalized spacial score (nSPS) is 10.4. The maximum Gasteiger partial charge on any atom is 0.302 e. The van der Waals surface area contributed by atoms with Crippen molar-refractivity contribution >= 4 is 29.0 Å². The molecule has 0 aliphatic rings. The van der Waals surface area contributed by atoms with Crippen molar-refractivity contribution in [2.75, 3.05) is 4.90 Å². The van der Waals surface area contributed by atoms with E-state index in [9.17, 15) is 9.59 Å². The summed E-state index contributed by atoms with van der Waals surface area (Å²) in [7, 11) is 0. The molecule has 30 heavy (non-hydrogen) atoms. The fraction of sp³-hybridized carbons (Fsp3) is 0.200. The van der Waals surface area contributed by atoms with E-state index in [0.29, 0.717) is 0 Å². The molecule has 0 aliphatic heterocycles. The van der Waals surface area contributed by atoms with E-state index in [4.69, 9.17) is 9.47 Å². The van der Waals surface area contributed by atoms with Crippen LogP contribution in [-0.2, 0) is 32.3 Å². The molecule has 0 fully saturated rings. The first kappa shape index (κ1) is 21.1. The third-order valence-corrected chi connectivity index (χ3v) is 4.57. The minimum Gasteiger partial charge on any atom is -0.461 e. The highest BCUT2D eigenvalue weighted by Gasteiger charge is 2.13. The zero-order valence-corrected chi connectivity index (χ0v) is 17.4. The van der Waals surface area contributed by atoms with Crippen molar-refractivity contribution in [1.82, 2.24) is 0 Å². The second kappa shape index (κ2) is 9.74. The van der Waals surface area contributed by atoms with Crippen LogP contribution < -0.4 is 4.90 Å². The summed E-state index contributed by atoms with van der Waals surface area (Å²) >= 11 is 0. The number of benzene rings is 3. The molecule has 154 valence electrons. The molecule has 0 bridgehead atoms. The summed E-state index contributed by atoms with van der Waals surface area (Å²) in [6.07, 6.45) is 0. The number of aryl methyl sites for hydroxylation is 1. The van der Waals surface area contributed by atoms with E-state index in [-0.39, 0.29) is 25.2 Å². The Bertz CT molecular complexity index is 931. The number of anilines is 3. The third kappa shape index (κ3) is 5.70. The summed E-state index contributed by atoms with van der Waals surface area (Å²) < 4.78 is 10.2. The van der Waals surface area contributed by atoms with Gasteiger partial charge in [-0.3, -0.25) is 9.59 Å². The Kier molecular flexibility index (Phi) is 6.86. The smallest absolute Gasteiger partial charge is 0.302 e. The van der Waals surface area contributed by atoms with E-state index in [1.54, 1.807) is 0 Å². The SMILES string of the molecule is CC(=O)OCc1ccc(N(c2ccc(C)cc2)c2ccc(COC(C)=O)cc2)cc1. The van der Waals surface area contributed by atoms with Crippen LogP contribution in [0.3, 0.4) is 0 Å². The van der Waals surface area contributed by atoms with Gasteiger partial charge in [0, 0.05) is 30.9 Å². The molecule has 3 aromatic rings. The lowest BCUT2D eigenvalue weighted by Gasteiger charge is -2.26. The fourth-order valence-corrected chi connectivity index (χ4v) is 2.99. The van der Waals surface area contributed by atoms with Crippen LogP contribution in [0.2, 0.25) is 0 Å². The van der Waals surface area contributed by atoms with Crippen molar-refractivity contribution in [2.45, 2.75) is 34.0 Å². The lowest BCUT2D eigenvalue weighted by atomic mass is 10.1. The van der Waals surface area contributed by atoms with Crippen LogP contribution in [0.15, 0.2) is 72.8 Å². The lowest BCUT2D eigenvalue weighted by molar-refractivity contribution is -0.143. The number of ether oxygens (including phenoxy) is 2. The van der Waals surface area contributed by atoms with Gasteiger partial charge in [0.1, 0.15) is 13.2 Å². The maximum absolute atomic E-state index is 11.0.